The van der Waals surface area contributed by atoms with E-state index in [1.54, 1.807) is 18.2 Å². The molecule has 0 spiro atoms. The Labute approximate surface area is 183 Å². The SMILES string of the molecule is Cc1cc(Br)cc(C)c1OCC(=O)Nc1ccc(S(=O)(=O)Nc2ccccn2)cc1. The highest BCUT2D eigenvalue weighted by atomic mass is 79.9. The molecule has 0 aliphatic heterocycles. The highest BCUT2D eigenvalue weighted by molar-refractivity contribution is 9.10. The van der Waals surface area contributed by atoms with Gasteiger partial charge in [0.15, 0.2) is 6.61 Å². The van der Waals surface area contributed by atoms with Crippen molar-refractivity contribution in [1.82, 2.24) is 4.98 Å². The number of hydrogen-bond donors (Lipinski definition) is 2. The third kappa shape index (κ3) is 5.58. The number of amides is 1. The molecule has 0 atom stereocenters. The number of aryl methyl sites for hydroxylation is 2. The van der Waals surface area contributed by atoms with Crippen LogP contribution in [-0.4, -0.2) is 25.9 Å². The quantitative estimate of drug-likeness (QED) is 0.516. The van der Waals surface area contributed by atoms with Crippen molar-refractivity contribution in [3.05, 3.63) is 76.4 Å². The van der Waals surface area contributed by atoms with Crippen LogP contribution in [0, 0.1) is 13.8 Å². The van der Waals surface area contributed by atoms with Gasteiger partial charge in [-0.15, -0.1) is 0 Å². The first-order valence-corrected chi connectivity index (χ1v) is 11.3. The number of anilines is 2. The van der Waals surface area contributed by atoms with E-state index in [2.05, 4.69) is 31.0 Å². The van der Waals surface area contributed by atoms with E-state index in [1.165, 1.54) is 30.5 Å². The summed E-state index contributed by atoms with van der Waals surface area (Å²) in [6, 6.07) is 14.6. The van der Waals surface area contributed by atoms with E-state index in [1.807, 2.05) is 26.0 Å². The Bertz CT molecular complexity index is 1130. The van der Waals surface area contributed by atoms with Crippen LogP contribution in [-0.2, 0) is 14.8 Å². The fourth-order valence-corrected chi connectivity index (χ4v) is 4.49. The predicted octanol–water partition coefficient (Wildman–Crippen LogP) is 4.28. The maximum Gasteiger partial charge on any atom is 0.263 e. The van der Waals surface area contributed by atoms with Crippen molar-refractivity contribution in [1.29, 1.82) is 0 Å². The van der Waals surface area contributed by atoms with Crippen LogP contribution in [0.1, 0.15) is 11.1 Å². The molecule has 0 radical (unpaired) electrons. The highest BCUT2D eigenvalue weighted by Crippen LogP contribution is 2.27. The Balaban J connectivity index is 1.61. The van der Waals surface area contributed by atoms with Gasteiger partial charge in [-0.05, 0) is 73.5 Å². The van der Waals surface area contributed by atoms with Crippen LogP contribution in [0.2, 0.25) is 0 Å². The van der Waals surface area contributed by atoms with Crippen molar-refractivity contribution in [2.45, 2.75) is 18.7 Å². The number of ether oxygens (including phenoxy) is 1. The van der Waals surface area contributed by atoms with Gasteiger partial charge in [0.2, 0.25) is 0 Å². The smallest absolute Gasteiger partial charge is 0.263 e. The van der Waals surface area contributed by atoms with Crippen LogP contribution < -0.4 is 14.8 Å². The summed E-state index contributed by atoms with van der Waals surface area (Å²) in [6.07, 6.45) is 1.50. The molecule has 30 heavy (non-hydrogen) atoms. The van der Waals surface area contributed by atoms with E-state index in [4.69, 9.17) is 4.74 Å². The molecule has 0 aliphatic carbocycles. The number of hydrogen-bond acceptors (Lipinski definition) is 5. The number of pyridine rings is 1. The second-order valence-electron chi connectivity index (χ2n) is 6.55. The Hall–Kier alpha value is -2.91. The van der Waals surface area contributed by atoms with Crippen molar-refractivity contribution >= 4 is 43.4 Å². The molecule has 0 bridgehead atoms. The summed E-state index contributed by atoms with van der Waals surface area (Å²) in [5.41, 5.74) is 2.30. The minimum Gasteiger partial charge on any atom is -0.483 e. The normalized spacial score (nSPS) is 11.0. The summed E-state index contributed by atoms with van der Waals surface area (Å²) >= 11 is 3.42. The van der Waals surface area contributed by atoms with E-state index >= 15 is 0 Å². The molecule has 156 valence electrons. The highest BCUT2D eigenvalue weighted by Gasteiger charge is 2.15. The second kappa shape index (κ2) is 9.27. The minimum absolute atomic E-state index is 0.0588. The van der Waals surface area contributed by atoms with Gasteiger partial charge in [0, 0.05) is 16.4 Å². The number of aromatic nitrogens is 1. The third-order valence-electron chi connectivity index (χ3n) is 4.12. The molecule has 1 heterocycles. The molecule has 0 unspecified atom stereocenters. The lowest BCUT2D eigenvalue weighted by Crippen LogP contribution is -2.21. The average molecular weight is 490 g/mol. The molecule has 3 aromatic rings. The molecular formula is C21H20BrN3O4S. The molecule has 1 aromatic heterocycles. The Kier molecular flexibility index (Phi) is 6.73. The molecular weight excluding hydrogens is 470 g/mol. The Morgan fingerprint density at radius 1 is 1.07 bits per heavy atom. The van der Waals surface area contributed by atoms with E-state index in [0.29, 0.717) is 11.4 Å². The lowest BCUT2D eigenvalue weighted by Gasteiger charge is -2.13. The zero-order valence-corrected chi connectivity index (χ0v) is 18.7. The van der Waals surface area contributed by atoms with E-state index in [0.717, 1.165) is 15.6 Å². The van der Waals surface area contributed by atoms with Crippen LogP contribution in [0.15, 0.2) is 70.2 Å². The molecule has 7 nitrogen and oxygen atoms in total. The van der Waals surface area contributed by atoms with Crippen LogP contribution in [0.4, 0.5) is 11.5 Å². The standard InChI is InChI=1S/C21H20BrN3O4S/c1-14-11-16(22)12-15(2)21(14)29-13-20(26)24-17-6-8-18(9-7-17)30(27,28)25-19-5-3-4-10-23-19/h3-12H,13H2,1-2H3,(H,23,25)(H,24,26). The monoisotopic (exact) mass is 489 g/mol. The van der Waals surface area contributed by atoms with E-state index in [-0.39, 0.29) is 23.2 Å². The molecule has 3 rings (SSSR count). The van der Waals surface area contributed by atoms with Gasteiger partial charge in [-0.2, -0.15) is 0 Å². The molecule has 2 N–H and O–H groups in total. The van der Waals surface area contributed by atoms with Crippen LogP contribution in [0.25, 0.3) is 0 Å². The predicted molar refractivity (Wildman–Crippen MR) is 119 cm³/mol. The van der Waals surface area contributed by atoms with Crippen LogP contribution in [0.5, 0.6) is 5.75 Å². The second-order valence-corrected chi connectivity index (χ2v) is 9.15. The minimum atomic E-state index is -3.77. The van der Waals surface area contributed by atoms with E-state index in [9.17, 15) is 13.2 Å². The lowest BCUT2D eigenvalue weighted by atomic mass is 10.1. The third-order valence-corrected chi connectivity index (χ3v) is 5.95. The molecule has 0 fully saturated rings. The Morgan fingerprint density at radius 2 is 1.73 bits per heavy atom. The van der Waals surface area contributed by atoms with Crippen molar-refractivity contribution in [2.75, 3.05) is 16.6 Å². The summed E-state index contributed by atoms with van der Waals surface area (Å²) in [4.78, 5) is 16.2. The number of carbonyl (C=O) groups is 1. The summed E-state index contributed by atoms with van der Waals surface area (Å²) in [5, 5.41) is 2.69. The van der Waals surface area contributed by atoms with Gasteiger partial charge in [-0.25, -0.2) is 13.4 Å². The van der Waals surface area contributed by atoms with Crippen molar-refractivity contribution < 1.29 is 17.9 Å². The molecule has 0 aliphatic rings. The summed E-state index contributed by atoms with van der Waals surface area (Å²) in [7, 11) is -3.77. The van der Waals surface area contributed by atoms with Crippen LogP contribution >= 0.6 is 15.9 Å². The van der Waals surface area contributed by atoms with Gasteiger partial charge in [-0.1, -0.05) is 22.0 Å². The summed E-state index contributed by atoms with van der Waals surface area (Å²) < 4.78 is 33.8. The molecule has 0 saturated carbocycles. The van der Waals surface area contributed by atoms with Crippen molar-refractivity contribution in [2.24, 2.45) is 0 Å². The first-order valence-electron chi connectivity index (χ1n) is 8.98. The molecule has 2 aromatic carbocycles. The number of nitrogens with zero attached hydrogens (tertiary/aromatic N) is 1. The van der Waals surface area contributed by atoms with Crippen molar-refractivity contribution in [3.8, 4) is 5.75 Å². The van der Waals surface area contributed by atoms with Crippen LogP contribution in [0.3, 0.4) is 0 Å². The van der Waals surface area contributed by atoms with Gasteiger partial charge in [0.1, 0.15) is 11.6 Å². The number of halogens is 1. The van der Waals surface area contributed by atoms with Gasteiger partial charge in [0.25, 0.3) is 15.9 Å². The van der Waals surface area contributed by atoms with Gasteiger partial charge < -0.3 is 10.1 Å². The van der Waals surface area contributed by atoms with Crippen molar-refractivity contribution in [3.63, 3.8) is 0 Å². The first kappa shape index (κ1) is 21.8. The zero-order chi connectivity index (χ0) is 21.7. The lowest BCUT2D eigenvalue weighted by molar-refractivity contribution is -0.118. The molecule has 0 saturated heterocycles. The summed E-state index contributed by atoms with van der Waals surface area (Å²) in [5.74, 6) is 0.542. The number of rotatable bonds is 7. The first-order chi connectivity index (χ1) is 14.2. The average Bonchev–Trinajstić information content (AvgIpc) is 2.68. The topological polar surface area (TPSA) is 97.4 Å². The number of sulfonamides is 1. The zero-order valence-electron chi connectivity index (χ0n) is 16.3. The van der Waals surface area contributed by atoms with Gasteiger partial charge in [0.05, 0.1) is 4.90 Å². The number of nitrogens with one attached hydrogen (secondary N) is 2. The Morgan fingerprint density at radius 3 is 2.33 bits per heavy atom. The number of benzene rings is 2. The number of carbonyl (C=O) groups excluding carboxylic acids is 1. The maximum absolute atomic E-state index is 12.4. The largest absolute Gasteiger partial charge is 0.483 e. The fraction of sp³-hybridized carbons (Fsp3) is 0.143. The molecule has 1 amide bonds. The maximum atomic E-state index is 12.4. The van der Waals surface area contributed by atoms with Gasteiger partial charge >= 0.3 is 0 Å². The van der Waals surface area contributed by atoms with Gasteiger partial charge in [-0.3, -0.25) is 9.52 Å². The summed E-state index contributed by atoms with van der Waals surface area (Å²) in [6.45, 7) is 3.65. The molecule has 9 heteroatoms. The van der Waals surface area contributed by atoms with E-state index < -0.39 is 10.0 Å². The fourth-order valence-electron chi connectivity index (χ4n) is 2.80.